The fraction of sp³-hybridized carbons (Fsp3) is 0.333. The first-order chi connectivity index (χ1) is 8.61. The molecule has 96 valence electrons. The number of fused-ring (bicyclic) bond motifs is 1. The van der Waals surface area contributed by atoms with Crippen LogP contribution in [0.2, 0.25) is 0 Å². The van der Waals surface area contributed by atoms with Gasteiger partial charge >= 0.3 is 0 Å². The standard InChI is InChI=1S/C12H13F2N3O/c1-7(6-18)15-11-8-4-2-3-5-9(8)16-12(17-11)10(13)14/h2-5,7,10,18H,6H2,1H3,(H,15,16,17). The van der Waals surface area contributed by atoms with E-state index in [1.807, 2.05) is 0 Å². The van der Waals surface area contributed by atoms with E-state index in [4.69, 9.17) is 5.11 Å². The Kier molecular flexibility index (Phi) is 3.66. The Balaban J connectivity index is 2.53. The van der Waals surface area contributed by atoms with Gasteiger partial charge in [-0.1, -0.05) is 12.1 Å². The molecule has 0 saturated carbocycles. The second-order valence-corrected chi connectivity index (χ2v) is 3.98. The highest BCUT2D eigenvalue weighted by Crippen LogP contribution is 2.24. The molecule has 1 aromatic heterocycles. The number of halogens is 2. The zero-order valence-corrected chi connectivity index (χ0v) is 9.77. The van der Waals surface area contributed by atoms with Gasteiger partial charge in [-0.25, -0.2) is 18.7 Å². The van der Waals surface area contributed by atoms with Crippen LogP contribution in [0.5, 0.6) is 0 Å². The van der Waals surface area contributed by atoms with Gasteiger partial charge < -0.3 is 10.4 Å². The number of anilines is 1. The largest absolute Gasteiger partial charge is 0.394 e. The van der Waals surface area contributed by atoms with Gasteiger partial charge in [-0.15, -0.1) is 0 Å². The topological polar surface area (TPSA) is 58.0 Å². The molecule has 1 atom stereocenters. The van der Waals surface area contributed by atoms with Gasteiger partial charge in [-0.05, 0) is 19.1 Å². The maximum Gasteiger partial charge on any atom is 0.297 e. The van der Waals surface area contributed by atoms with Crippen LogP contribution in [0, 0.1) is 0 Å². The zero-order valence-electron chi connectivity index (χ0n) is 9.77. The van der Waals surface area contributed by atoms with Crippen molar-refractivity contribution in [3.8, 4) is 0 Å². The monoisotopic (exact) mass is 253 g/mol. The minimum absolute atomic E-state index is 0.109. The number of nitrogens with one attached hydrogen (secondary N) is 1. The van der Waals surface area contributed by atoms with Crippen LogP contribution in [0.25, 0.3) is 10.9 Å². The molecular weight excluding hydrogens is 240 g/mol. The van der Waals surface area contributed by atoms with E-state index in [1.165, 1.54) is 0 Å². The van der Waals surface area contributed by atoms with Crippen molar-refractivity contribution >= 4 is 16.7 Å². The number of aliphatic hydroxyl groups excluding tert-OH is 1. The molecule has 2 N–H and O–H groups in total. The molecule has 1 aromatic carbocycles. The molecule has 0 aliphatic carbocycles. The van der Waals surface area contributed by atoms with Gasteiger partial charge in [0.1, 0.15) is 5.82 Å². The van der Waals surface area contributed by atoms with Crippen LogP contribution in [0.4, 0.5) is 14.6 Å². The lowest BCUT2D eigenvalue weighted by atomic mass is 10.2. The highest BCUT2D eigenvalue weighted by molar-refractivity contribution is 5.89. The summed E-state index contributed by atoms with van der Waals surface area (Å²) in [7, 11) is 0. The van der Waals surface area contributed by atoms with Gasteiger partial charge in [0.05, 0.1) is 12.1 Å². The van der Waals surface area contributed by atoms with Crippen molar-refractivity contribution in [2.24, 2.45) is 0 Å². The number of hydrogen-bond donors (Lipinski definition) is 2. The molecule has 0 aliphatic rings. The third-order valence-electron chi connectivity index (χ3n) is 2.47. The Bertz CT molecular complexity index is 548. The molecule has 0 amide bonds. The van der Waals surface area contributed by atoms with Gasteiger partial charge in [0.25, 0.3) is 6.43 Å². The molecule has 1 unspecified atom stereocenters. The Morgan fingerprint density at radius 2 is 2.00 bits per heavy atom. The molecular formula is C12H13F2N3O. The summed E-state index contributed by atoms with van der Waals surface area (Å²) < 4.78 is 25.4. The minimum atomic E-state index is -2.72. The smallest absolute Gasteiger partial charge is 0.297 e. The van der Waals surface area contributed by atoms with Crippen molar-refractivity contribution in [1.82, 2.24) is 9.97 Å². The third kappa shape index (κ3) is 2.53. The maximum atomic E-state index is 12.7. The lowest BCUT2D eigenvalue weighted by Crippen LogP contribution is -2.20. The van der Waals surface area contributed by atoms with Gasteiger partial charge in [0.2, 0.25) is 0 Å². The number of nitrogens with zero attached hydrogens (tertiary/aromatic N) is 2. The average Bonchev–Trinajstić information content (AvgIpc) is 2.38. The number of rotatable bonds is 4. The van der Waals surface area contributed by atoms with E-state index < -0.39 is 12.2 Å². The molecule has 0 bridgehead atoms. The first-order valence-corrected chi connectivity index (χ1v) is 5.54. The second kappa shape index (κ2) is 5.22. The van der Waals surface area contributed by atoms with Crippen molar-refractivity contribution in [2.75, 3.05) is 11.9 Å². The summed E-state index contributed by atoms with van der Waals surface area (Å²) in [4.78, 5) is 7.61. The first-order valence-electron chi connectivity index (χ1n) is 5.54. The van der Waals surface area contributed by atoms with E-state index in [0.29, 0.717) is 16.7 Å². The van der Waals surface area contributed by atoms with E-state index >= 15 is 0 Å². The van der Waals surface area contributed by atoms with Crippen molar-refractivity contribution in [2.45, 2.75) is 19.4 Å². The number of aliphatic hydroxyl groups is 1. The quantitative estimate of drug-likeness (QED) is 0.878. The fourth-order valence-corrected chi connectivity index (χ4v) is 1.58. The summed E-state index contributed by atoms with van der Waals surface area (Å²) in [5, 5.41) is 12.5. The Hall–Kier alpha value is -1.82. The molecule has 0 saturated heterocycles. The van der Waals surface area contributed by atoms with Crippen LogP contribution in [-0.2, 0) is 0 Å². The van der Waals surface area contributed by atoms with Crippen LogP contribution in [0.15, 0.2) is 24.3 Å². The lowest BCUT2D eigenvalue weighted by Gasteiger charge is -2.14. The predicted molar refractivity (Wildman–Crippen MR) is 64.7 cm³/mol. The fourth-order valence-electron chi connectivity index (χ4n) is 1.58. The van der Waals surface area contributed by atoms with E-state index in [1.54, 1.807) is 31.2 Å². The molecule has 2 rings (SSSR count). The SMILES string of the molecule is CC(CO)Nc1nc(C(F)F)nc2ccccc12. The Morgan fingerprint density at radius 3 is 2.67 bits per heavy atom. The average molecular weight is 253 g/mol. The molecule has 0 fully saturated rings. The number of aromatic nitrogens is 2. The Morgan fingerprint density at radius 1 is 1.28 bits per heavy atom. The van der Waals surface area contributed by atoms with Gasteiger partial charge in [-0.2, -0.15) is 0 Å². The van der Waals surface area contributed by atoms with Crippen molar-refractivity contribution in [3.05, 3.63) is 30.1 Å². The summed E-state index contributed by atoms with van der Waals surface area (Å²) in [6, 6.07) is 6.63. The van der Waals surface area contributed by atoms with Crippen LogP contribution in [-0.4, -0.2) is 27.7 Å². The summed E-state index contributed by atoms with van der Waals surface area (Å²) in [5.74, 6) is -0.196. The van der Waals surface area contributed by atoms with Crippen molar-refractivity contribution in [1.29, 1.82) is 0 Å². The molecule has 0 spiro atoms. The molecule has 6 heteroatoms. The summed E-state index contributed by atoms with van der Waals surface area (Å²) in [6.07, 6.45) is -2.72. The summed E-state index contributed by atoms with van der Waals surface area (Å²) >= 11 is 0. The maximum absolute atomic E-state index is 12.7. The normalized spacial score (nSPS) is 12.9. The predicted octanol–water partition coefficient (Wildman–Crippen LogP) is 2.36. The van der Waals surface area contributed by atoms with E-state index in [9.17, 15) is 8.78 Å². The van der Waals surface area contributed by atoms with Gasteiger partial charge in [0.15, 0.2) is 5.82 Å². The zero-order chi connectivity index (χ0) is 13.1. The van der Waals surface area contributed by atoms with Crippen LogP contribution >= 0.6 is 0 Å². The van der Waals surface area contributed by atoms with E-state index in [2.05, 4.69) is 15.3 Å². The molecule has 2 aromatic rings. The second-order valence-electron chi connectivity index (χ2n) is 3.98. The van der Waals surface area contributed by atoms with E-state index in [0.717, 1.165) is 0 Å². The molecule has 0 radical (unpaired) electrons. The highest BCUT2D eigenvalue weighted by Gasteiger charge is 2.15. The molecule has 18 heavy (non-hydrogen) atoms. The summed E-state index contributed by atoms with van der Waals surface area (Å²) in [6.45, 7) is 1.63. The van der Waals surface area contributed by atoms with Gasteiger partial charge in [0, 0.05) is 11.4 Å². The number of para-hydroxylation sites is 1. The van der Waals surface area contributed by atoms with Crippen LogP contribution < -0.4 is 5.32 Å². The van der Waals surface area contributed by atoms with Crippen LogP contribution in [0.1, 0.15) is 19.2 Å². The van der Waals surface area contributed by atoms with Crippen molar-refractivity contribution < 1.29 is 13.9 Å². The number of benzene rings is 1. The molecule has 0 aliphatic heterocycles. The molecule has 4 nitrogen and oxygen atoms in total. The summed E-state index contributed by atoms with van der Waals surface area (Å²) in [5.41, 5.74) is 0.454. The van der Waals surface area contributed by atoms with Crippen LogP contribution in [0.3, 0.4) is 0 Å². The first kappa shape index (κ1) is 12.6. The third-order valence-corrected chi connectivity index (χ3v) is 2.47. The number of hydrogen-bond acceptors (Lipinski definition) is 4. The Labute approximate surface area is 103 Å². The minimum Gasteiger partial charge on any atom is -0.394 e. The number of alkyl halides is 2. The van der Waals surface area contributed by atoms with E-state index in [-0.39, 0.29) is 12.6 Å². The lowest BCUT2D eigenvalue weighted by molar-refractivity contribution is 0.141. The molecule has 1 heterocycles. The van der Waals surface area contributed by atoms with Gasteiger partial charge in [-0.3, -0.25) is 0 Å². The highest BCUT2D eigenvalue weighted by atomic mass is 19.3. The van der Waals surface area contributed by atoms with Crippen molar-refractivity contribution in [3.63, 3.8) is 0 Å².